The van der Waals surface area contributed by atoms with E-state index < -0.39 is 0 Å². The van der Waals surface area contributed by atoms with E-state index in [4.69, 9.17) is 5.73 Å². The van der Waals surface area contributed by atoms with Crippen molar-refractivity contribution < 1.29 is 0 Å². The van der Waals surface area contributed by atoms with Gasteiger partial charge in [0.1, 0.15) is 0 Å². The lowest BCUT2D eigenvalue weighted by molar-refractivity contribution is 0.464. The maximum atomic E-state index is 5.46. The predicted octanol–water partition coefficient (Wildman–Crippen LogP) is 0.744. The van der Waals surface area contributed by atoms with Gasteiger partial charge in [-0.2, -0.15) is 0 Å². The monoisotopic (exact) mass is 182 g/mol. The molecule has 0 bridgehead atoms. The Bertz CT molecular complexity index is 265. The molecule has 0 aliphatic carbocycles. The molecule has 0 saturated heterocycles. The fraction of sp³-hybridized carbons (Fsp3) is 0.778. The highest BCUT2D eigenvalue weighted by Gasteiger charge is 2.07. The van der Waals surface area contributed by atoms with Gasteiger partial charge in [-0.25, -0.2) is 4.68 Å². The second-order valence-electron chi connectivity index (χ2n) is 3.74. The summed E-state index contributed by atoms with van der Waals surface area (Å²) in [4.78, 5) is 0. The molecule has 0 aliphatic rings. The van der Waals surface area contributed by atoms with Crippen LogP contribution in [0.4, 0.5) is 0 Å². The molecule has 4 nitrogen and oxygen atoms in total. The lowest BCUT2D eigenvalue weighted by Gasteiger charge is -2.05. The van der Waals surface area contributed by atoms with E-state index in [2.05, 4.69) is 24.2 Å². The third-order valence-electron chi connectivity index (χ3n) is 2.00. The number of nitrogens with zero attached hydrogens (tertiary/aromatic N) is 3. The Balaban J connectivity index is 2.74. The second kappa shape index (κ2) is 4.37. The van der Waals surface area contributed by atoms with Gasteiger partial charge in [-0.3, -0.25) is 0 Å². The fourth-order valence-electron chi connectivity index (χ4n) is 1.28. The molecule has 2 N–H and O–H groups in total. The van der Waals surface area contributed by atoms with Gasteiger partial charge in [-0.05, 0) is 19.4 Å². The zero-order valence-electron chi connectivity index (χ0n) is 8.62. The van der Waals surface area contributed by atoms with Gasteiger partial charge in [-0.15, -0.1) is 5.10 Å². The molecule has 74 valence electrons. The minimum absolute atomic E-state index is 0.603. The van der Waals surface area contributed by atoms with Gasteiger partial charge in [0.05, 0.1) is 11.4 Å². The summed E-state index contributed by atoms with van der Waals surface area (Å²) in [5.74, 6) is 0.603. The molecule has 0 aromatic carbocycles. The van der Waals surface area contributed by atoms with Crippen LogP contribution in [0.25, 0.3) is 0 Å². The Kier molecular flexibility index (Phi) is 3.42. The molecule has 0 atom stereocenters. The van der Waals surface area contributed by atoms with Crippen LogP contribution < -0.4 is 5.73 Å². The SMILES string of the molecule is Cc1c(CCN)nnn1CC(C)C. The van der Waals surface area contributed by atoms with Crippen LogP contribution in [-0.2, 0) is 13.0 Å². The Morgan fingerprint density at radius 1 is 1.46 bits per heavy atom. The molecule has 0 aliphatic heterocycles. The molecule has 1 heterocycles. The van der Waals surface area contributed by atoms with Crippen LogP contribution >= 0.6 is 0 Å². The number of rotatable bonds is 4. The van der Waals surface area contributed by atoms with E-state index in [0.717, 1.165) is 24.4 Å². The van der Waals surface area contributed by atoms with Crippen molar-refractivity contribution in [2.24, 2.45) is 11.7 Å². The van der Waals surface area contributed by atoms with Crippen molar-refractivity contribution in [3.63, 3.8) is 0 Å². The third-order valence-corrected chi connectivity index (χ3v) is 2.00. The van der Waals surface area contributed by atoms with Crippen LogP contribution in [0.3, 0.4) is 0 Å². The van der Waals surface area contributed by atoms with Gasteiger partial charge in [-0.1, -0.05) is 19.1 Å². The van der Waals surface area contributed by atoms with E-state index in [1.165, 1.54) is 0 Å². The average Bonchev–Trinajstić information content (AvgIpc) is 2.36. The molecule has 1 rings (SSSR count). The average molecular weight is 182 g/mol. The van der Waals surface area contributed by atoms with E-state index in [1.807, 2.05) is 11.6 Å². The smallest absolute Gasteiger partial charge is 0.0868 e. The molecule has 1 aromatic rings. The van der Waals surface area contributed by atoms with Crippen molar-refractivity contribution in [3.8, 4) is 0 Å². The molecule has 0 spiro atoms. The van der Waals surface area contributed by atoms with Crippen LogP contribution in [0.1, 0.15) is 25.2 Å². The fourth-order valence-corrected chi connectivity index (χ4v) is 1.28. The van der Waals surface area contributed by atoms with E-state index in [-0.39, 0.29) is 0 Å². The number of hydrogen-bond donors (Lipinski definition) is 1. The highest BCUT2D eigenvalue weighted by molar-refractivity contribution is 5.08. The molecule has 0 saturated carbocycles. The van der Waals surface area contributed by atoms with Crippen LogP contribution in [0.15, 0.2) is 0 Å². The summed E-state index contributed by atoms with van der Waals surface area (Å²) in [6.45, 7) is 7.96. The summed E-state index contributed by atoms with van der Waals surface area (Å²) < 4.78 is 1.95. The minimum Gasteiger partial charge on any atom is -0.330 e. The lowest BCUT2D eigenvalue weighted by Crippen LogP contribution is -2.09. The van der Waals surface area contributed by atoms with Crippen LogP contribution in [0.2, 0.25) is 0 Å². The maximum Gasteiger partial charge on any atom is 0.0868 e. The standard InChI is InChI=1S/C9H18N4/c1-7(2)6-13-8(3)9(4-5-10)11-12-13/h7H,4-6,10H2,1-3H3. The van der Waals surface area contributed by atoms with E-state index in [0.29, 0.717) is 12.5 Å². The van der Waals surface area contributed by atoms with Crippen molar-refractivity contribution >= 4 is 0 Å². The highest BCUT2D eigenvalue weighted by atomic mass is 15.4. The molecule has 13 heavy (non-hydrogen) atoms. The van der Waals surface area contributed by atoms with Crippen molar-refractivity contribution in [2.45, 2.75) is 33.7 Å². The Morgan fingerprint density at radius 3 is 2.69 bits per heavy atom. The first kappa shape index (κ1) is 10.2. The Morgan fingerprint density at radius 2 is 2.15 bits per heavy atom. The van der Waals surface area contributed by atoms with E-state index >= 15 is 0 Å². The van der Waals surface area contributed by atoms with Gasteiger partial charge < -0.3 is 5.73 Å². The van der Waals surface area contributed by atoms with Gasteiger partial charge in [0.15, 0.2) is 0 Å². The predicted molar refractivity (Wildman–Crippen MR) is 52.4 cm³/mol. The molecule has 0 unspecified atom stereocenters. The molecule has 0 fully saturated rings. The normalized spacial score (nSPS) is 11.2. The summed E-state index contributed by atoms with van der Waals surface area (Å²) in [5.41, 5.74) is 7.65. The zero-order valence-corrected chi connectivity index (χ0v) is 8.62. The summed E-state index contributed by atoms with van der Waals surface area (Å²) in [5, 5.41) is 8.18. The van der Waals surface area contributed by atoms with Crippen LogP contribution in [0.5, 0.6) is 0 Å². The Hall–Kier alpha value is -0.900. The Labute approximate surface area is 79.1 Å². The maximum absolute atomic E-state index is 5.46. The van der Waals surface area contributed by atoms with E-state index in [9.17, 15) is 0 Å². The van der Waals surface area contributed by atoms with Crippen LogP contribution in [0, 0.1) is 12.8 Å². The van der Waals surface area contributed by atoms with Crippen LogP contribution in [-0.4, -0.2) is 21.5 Å². The summed E-state index contributed by atoms with van der Waals surface area (Å²) >= 11 is 0. The van der Waals surface area contributed by atoms with Gasteiger partial charge in [0.25, 0.3) is 0 Å². The van der Waals surface area contributed by atoms with E-state index in [1.54, 1.807) is 0 Å². The zero-order chi connectivity index (χ0) is 9.84. The quantitative estimate of drug-likeness (QED) is 0.747. The molecule has 1 aromatic heterocycles. The molecule has 0 amide bonds. The minimum atomic E-state index is 0.603. The third kappa shape index (κ3) is 2.52. The topological polar surface area (TPSA) is 56.7 Å². The van der Waals surface area contributed by atoms with Gasteiger partial charge >= 0.3 is 0 Å². The summed E-state index contributed by atoms with van der Waals surface area (Å²) in [6.07, 6.45) is 0.823. The highest BCUT2D eigenvalue weighted by Crippen LogP contribution is 2.06. The molecular formula is C9H18N4. The second-order valence-corrected chi connectivity index (χ2v) is 3.74. The first-order chi connectivity index (χ1) is 6.15. The molecular weight excluding hydrogens is 164 g/mol. The first-order valence-corrected chi connectivity index (χ1v) is 4.74. The van der Waals surface area contributed by atoms with Crippen molar-refractivity contribution in [1.82, 2.24) is 15.0 Å². The first-order valence-electron chi connectivity index (χ1n) is 4.74. The number of aromatic nitrogens is 3. The van der Waals surface area contributed by atoms with Crippen molar-refractivity contribution in [3.05, 3.63) is 11.4 Å². The number of hydrogen-bond acceptors (Lipinski definition) is 3. The van der Waals surface area contributed by atoms with Gasteiger partial charge in [0, 0.05) is 13.0 Å². The molecule has 4 heteroatoms. The van der Waals surface area contributed by atoms with Crippen molar-refractivity contribution in [1.29, 1.82) is 0 Å². The van der Waals surface area contributed by atoms with Crippen molar-refractivity contribution in [2.75, 3.05) is 6.54 Å². The summed E-state index contributed by atoms with van der Waals surface area (Å²) in [6, 6.07) is 0. The number of nitrogens with two attached hydrogens (primary N) is 1. The summed E-state index contributed by atoms with van der Waals surface area (Å²) in [7, 11) is 0. The molecule has 0 radical (unpaired) electrons. The lowest BCUT2D eigenvalue weighted by atomic mass is 10.2. The largest absolute Gasteiger partial charge is 0.330 e. The van der Waals surface area contributed by atoms with Gasteiger partial charge in [0.2, 0.25) is 0 Å².